The van der Waals surface area contributed by atoms with Crippen LogP contribution in [-0.2, 0) is 20.5 Å². The van der Waals surface area contributed by atoms with Crippen LogP contribution in [0.4, 0.5) is 4.79 Å². The number of alkyl halides is 3. The minimum absolute atomic E-state index is 0.00945. The van der Waals surface area contributed by atoms with Gasteiger partial charge in [-0.15, -0.1) is 11.3 Å². The summed E-state index contributed by atoms with van der Waals surface area (Å²) in [6, 6.07) is 3.30. The van der Waals surface area contributed by atoms with Crippen LogP contribution in [0.15, 0.2) is 20.6 Å². The van der Waals surface area contributed by atoms with Crippen LogP contribution >= 0.6 is 68.7 Å². The molecule has 0 aliphatic carbocycles. The Morgan fingerprint density at radius 3 is 2.38 bits per heavy atom. The fraction of sp³-hybridized carbons (Fsp3) is 0.619. The average molecular weight is 655 g/mol. The molecule has 0 N–H and O–H groups in total. The molecule has 1 aromatic heterocycles. The van der Waals surface area contributed by atoms with Gasteiger partial charge in [0.05, 0.1) is 11.8 Å². The van der Waals surface area contributed by atoms with Crippen LogP contribution < -0.4 is 0 Å². The number of carbonyl (C=O) groups excluding carboxylic acids is 1. The summed E-state index contributed by atoms with van der Waals surface area (Å²) in [5.74, 6) is 0. The first-order chi connectivity index (χ1) is 14.9. The lowest BCUT2D eigenvalue weighted by Gasteiger charge is -2.33. The number of aromatic nitrogens is 1. The largest absolute Gasteiger partial charge is 0.508 e. The molecule has 0 amide bonds. The molecule has 11 heteroatoms. The van der Waals surface area contributed by atoms with E-state index >= 15 is 0 Å². The van der Waals surface area contributed by atoms with E-state index in [-0.39, 0.29) is 19.3 Å². The fourth-order valence-electron chi connectivity index (χ4n) is 2.99. The monoisotopic (exact) mass is 653 g/mol. The second-order valence-electron chi connectivity index (χ2n) is 7.37. The highest BCUT2D eigenvalue weighted by Crippen LogP contribution is 2.29. The Labute approximate surface area is 225 Å². The zero-order valence-corrected chi connectivity index (χ0v) is 25.3. The van der Waals surface area contributed by atoms with E-state index in [0.717, 1.165) is 35.8 Å². The second-order valence-corrected chi connectivity index (χ2v) is 17.3. The Morgan fingerprint density at radius 1 is 1.22 bits per heavy atom. The molecule has 182 valence electrons. The molecule has 5 nitrogen and oxygen atoms in total. The summed E-state index contributed by atoms with van der Waals surface area (Å²) < 4.78 is 16.1. The van der Waals surface area contributed by atoms with Crippen molar-refractivity contribution in [1.82, 2.24) is 4.98 Å². The van der Waals surface area contributed by atoms with Crippen LogP contribution in [-0.4, -0.2) is 36.0 Å². The van der Waals surface area contributed by atoms with E-state index in [2.05, 4.69) is 68.3 Å². The highest BCUT2D eigenvalue weighted by Gasteiger charge is 2.32. The minimum atomic E-state index is -1.76. The molecular weight excluding hydrogens is 624 g/mol. The maximum absolute atomic E-state index is 11.6. The Bertz CT molecular complexity index is 782. The van der Waals surface area contributed by atoms with Crippen molar-refractivity contribution in [3.63, 3.8) is 0 Å². The second kappa shape index (κ2) is 14.5. The van der Waals surface area contributed by atoms with E-state index in [0.29, 0.717) is 5.01 Å². The van der Waals surface area contributed by atoms with Crippen LogP contribution in [0.5, 0.6) is 0 Å². The van der Waals surface area contributed by atoms with Crippen LogP contribution in [0, 0.1) is 0 Å². The van der Waals surface area contributed by atoms with Crippen LogP contribution in [0.1, 0.15) is 51.7 Å². The number of thiazole rings is 1. The lowest BCUT2D eigenvalue weighted by Crippen LogP contribution is -2.40. The summed E-state index contributed by atoms with van der Waals surface area (Å²) in [6.45, 7) is 10.5. The first-order valence-electron chi connectivity index (χ1n) is 10.4. The summed E-state index contributed by atoms with van der Waals surface area (Å²) in [5, 5.41) is 2.57. The molecule has 1 rings (SSSR count). The van der Waals surface area contributed by atoms with Gasteiger partial charge >= 0.3 is 6.16 Å². The van der Waals surface area contributed by atoms with Gasteiger partial charge in [-0.05, 0) is 76.2 Å². The third kappa shape index (κ3) is 11.5. The van der Waals surface area contributed by atoms with Crippen molar-refractivity contribution in [2.45, 2.75) is 75.7 Å². The number of nitrogens with zero attached hydrogens (tertiary/aromatic N) is 1. The van der Waals surface area contributed by atoms with Gasteiger partial charge in [0.1, 0.15) is 18.2 Å². The molecule has 0 fully saturated rings. The fourth-order valence-corrected chi connectivity index (χ4v) is 6.95. The topological polar surface area (TPSA) is 57.7 Å². The molecule has 0 saturated heterocycles. The number of allylic oxidation sites excluding steroid dienone is 1. The Hall–Kier alpha value is 0.157. The number of halogens is 4. The van der Waals surface area contributed by atoms with Crippen LogP contribution in [0.2, 0.25) is 18.1 Å². The predicted octanol–water partition coefficient (Wildman–Crippen LogP) is 8.69. The molecular formula is C21H31Cl3INO4SSi. The molecule has 0 bridgehead atoms. The predicted molar refractivity (Wildman–Crippen MR) is 147 cm³/mol. The maximum Gasteiger partial charge on any atom is 0.508 e. The van der Waals surface area contributed by atoms with Crippen molar-refractivity contribution >= 4 is 89.3 Å². The third-order valence-electron chi connectivity index (χ3n) is 5.06. The average Bonchev–Trinajstić information content (AvgIpc) is 3.18. The van der Waals surface area contributed by atoms with Crippen molar-refractivity contribution < 1.29 is 18.7 Å². The molecule has 0 aromatic carbocycles. The Kier molecular flexibility index (Phi) is 13.7. The number of carbonyl (C=O) groups is 1. The molecule has 1 heterocycles. The Morgan fingerprint density at radius 2 is 1.84 bits per heavy atom. The molecule has 1 atom stereocenters. The quantitative estimate of drug-likeness (QED) is 0.0977. The van der Waals surface area contributed by atoms with Crippen molar-refractivity contribution in [1.29, 1.82) is 0 Å². The van der Waals surface area contributed by atoms with E-state index in [1.165, 1.54) is 14.9 Å². The number of hydrogen-bond donors (Lipinski definition) is 0. The molecule has 32 heavy (non-hydrogen) atoms. The molecule has 0 aliphatic heterocycles. The molecule has 0 aliphatic rings. The molecule has 0 spiro atoms. The van der Waals surface area contributed by atoms with Crippen LogP contribution in [0.3, 0.4) is 0 Å². The SMILES string of the molecule is CC[Si](CC)(CC)OC(C/C=C(/C)I)/C(C)=C/c1csc(COC(=O)OCC(Cl)(Cl)Cl)n1. The van der Waals surface area contributed by atoms with Gasteiger partial charge in [-0.25, -0.2) is 9.78 Å². The first kappa shape index (κ1) is 30.2. The molecule has 1 unspecified atom stereocenters. The number of rotatable bonds is 12. The van der Waals surface area contributed by atoms with E-state index in [1.807, 2.05) is 11.5 Å². The first-order valence-corrected chi connectivity index (χ1v) is 16.0. The lowest BCUT2D eigenvalue weighted by atomic mass is 10.1. The van der Waals surface area contributed by atoms with Gasteiger partial charge < -0.3 is 13.9 Å². The van der Waals surface area contributed by atoms with Crippen molar-refractivity contribution in [3.05, 3.63) is 31.3 Å². The van der Waals surface area contributed by atoms with Gasteiger partial charge in [0, 0.05) is 5.38 Å². The highest BCUT2D eigenvalue weighted by atomic mass is 127. The summed E-state index contributed by atoms with van der Waals surface area (Å²) in [4.78, 5) is 16.1. The van der Waals surface area contributed by atoms with Crippen LogP contribution in [0.25, 0.3) is 6.08 Å². The summed E-state index contributed by atoms with van der Waals surface area (Å²) in [6.07, 6.45) is 4.20. The van der Waals surface area contributed by atoms with E-state index < -0.39 is 18.3 Å². The molecule has 0 radical (unpaired) electrons. The van der Waals surface area contributed by atoms with Gasteiger partial charge in [0.15, 0.2) is 8.32 Å². The van der Waals surface area contributed by atoms with Gasteiger partial charge in [-0.3, -0.25) is 0 Å². The normalized spacial score (nSPS) is 14.4. The summed E-state index contributed by atoms with van der Waals surface area (Å²) in [5.41, 5.74) is 1.94. The van der Waals surface area contributed by atoms with Crippen molar-refractivity contribution in [2.24, 2.45) is 0 Å². The van der Waals surface area contributed by atoms with Crippen molar-refractivity contribution in [2.75, 3.05) is 6.61 Å². The molecule has 0 saturated carbocycles. The third-order valence-corrected chi connectivity index (χ3v) is 11.3. The summed E-state index contributed by atoms with van der Waals surface area (Å²) in [7, 11) is -1.76. The standard InChI is InChI=1S/C21H31Cl3INO4SSi/c1-6-32(7-2,8-3)30-18(10-9-16(5)25)15(4)11-17-13-31-19(26-17)12-28-20(27)29-14-21(22,23)24/h9,11,13,18H,6-8,10,12,14H2,1-5H3/b15-11+,16-9-. The Balaban J connectivity index is 2.86. The van der Waals surface area contributed by atoms with E-state index in [9.17, 15) is 4.79 Å². The number of hydrogen-bond acceptors (Lipinski definition) is 6. The lowest BCUT2D eigenvalue weighted by molar-refractivity contribution is 0.0511. The van der Waals surface area contributed by atoms with E-state index in [1.54, 1.807) is 0 Å². The maximum atomic E-state index is 11.6. The van der Waals surface area contributed by atoms with E-state index in [4.69, 9.17) is 48.7 Å². The number of ether oxygens (including phenoxy) is 2. The van der Waals surface area contributed by atoms with Gasteiger partial charge in [0.25, 0.3) is 0 Å². The zero-order chi connectivity index (χ0) is 24.4. The van der Waals surface area contributed by atoms with Gasteiger partial charge in [-0.1, -0.05) is 61.7 Å². The van der Waals surface area contributed by atoms with Crippen molar-refractivity contribution in [3.8, 4) is 0 Å². The smallest absolute Gasteiger partial charge is 0.430 e. The van der Waals surface area contributed by atoms with Gasteiger partial charge in [0.2, 0.25) is 3.79 Å². The minimum Gasteiger partial charge on any atom is -0.430 e. The zero-order valence-electron chi connectivity index (χ0n) is 19.1. The van der Waals surface area contributed by atoms with Gasteiger partial charge in [-0.2, -0.15) is 0 Å². The summed E-state index contributed by atoms with van der Waals surface area (Å²) >= 11 is 20.4. The molecule has 1 aromatic rings. The highest BCUT2D eigenvalue weighted by molar-refractivity contribution is 14.1.